The van der Waals surface area contributed by atoms with E-state index in [9.17, 15) is 14.0 Å². The first-order valence-corrected chi connectivity index (χ1v) is 11.7. The number of thiophene rings is 1. The molecule has 0 aliphatic heterocycles. The largest absolute Gasteiger partial charge is 0.333 e. The molecule has 6 rings (SSSR count). The zero-order valence-corrected chi connectivity index (χ0v) is 18.9. The number of anilines is 3. The number of H-pyrrole nitrogens is 1. The van der Waals surface area contributed by atoms with Gasteiger partial charge in [0, 0.05) is 24.3 Å². The molecule has 3 N–H and O–H groups in total. The van der Waals surface area contributed by atoms with Crippen molar-refractivity contribution in [3.05, 3.63) is 68.3 Å². The number of aromatic amines is 1. The third-order valence-electron chi connectivity index (χ3n) is 6.43. The third-order valence-corrected chi connectivity index (χ3v) is 7.74. The highest BCUT2D eigenvalue weighted by Gasteiger charge is 2.39. The lowest BCUT2D eigenvalue weighted by Gasteiger charge is -2.10. The van der Waals surface area contributed by atoms with E-state index in [1.165, 1.54) is 70.1 Å². The molecular weight excluding hydrogens is 457 g/mol. The van der Waals surface area contributed by atoms with E-state index in [-0.39, 0.29) is 23.1 Å². The first-order chi connectivity index (χ1) is 16.5. The maximum atomic E-state index is 14.6. The second kappa shape index (κ2) is 7.87. The summed E-state index contributed by atoms with van der Waals surface area (Å²) >= 11 is 1.50. The van der Waals surface area contributed by atoms with Gasteiger partial charge in [0.2, 0.25) is 0 Å². The van der Waals surface area contributed by atoms with Crippen molar-refractivity contribution in [2.24, 2.45) is 7.05 Å². The molecule has 2 bridgehead atoms. The molecule has 0 radical (unpaired) electrons. The Kier molecular flexibility index (Phi) is 4.80. The zero-order chi connectivity index (χ0) is 23.4. The number of rotatable bonds is 5. The Bertz CT molecular complexity index is 1450. The van der Waals surface area contributed by atoms with Crippen molar-refractivity contribution >= 4 is 34.6 Å². The number of halogens is 1. The molecule has 0 aromatic carbocycles. The Labute approximate surface area is 197 Å². The molecule has 0 saturated heterocycles. The second-order valence-electron chi connectivity index (χ2n) is 8.62. The average molecular weight is 478 g/mol. The molecule has 2 aliphatic carbocycles. The molecule has 172 valence electrons. The van der Waals surface area contributed by atoms with Crippen LogP contribution in [0.25, 0.3) is 11.4 Å². The smallest absolute Gasteiger partial charge is 0.293 e. The van der Waals surface area contributed by atoms with E-state index in [1.807, 2.05) is 6.07 Å². The quantitative estimate of drug-likeness (QED) is 0.398. The number of aryl methyl sites for hydroxylation is 1. The van der Waals surface area contributed by atoms with Gasteiger partial charge in [-0.2, -0.15) is 5.10 Å². The summed E-state index contributed by atoms with van der Waals surface area (Å²) in [6.07, 6.45) is 8.16. The number of fused-ring (bicyclic) bond motifs is 5. The van der Waals surface area contributed by atoms with Crippen LogP contribution < -0.4 is 16.2 Å². The van der Waals surface area contributed by atoms with Crippen molar-refractivity contribution in [1.29, 1.82) is 0 Å². The topological polar surface area (TPSA) is 118 Å². The van der Waals surface area contributed by atoms with Gasteiger partial charge in [0.25, 0.3) is 11.5 Å². The number of carbonyl (C=O) groups is 1. The van der Waals surface area contributed by atoms with Crippen molar-refractivity contribution in [2.45, 2.75) is 31.1 Å². The molecule has 1 saturated carbocycles. The lowest BCUT2D eigenvalue weighted by Crippen LogP contribution is -2.21. The summed E-state index contributed by atoms with van der Waals surface area (Å²) in [4.78, 5) is 35.9. The summed E-state index contributed by atoms with van der Waals surface area (Å²) in [5, 5.41) is 12.0. The van der Waals surface area contributed by atoms with E-state index in [0.717, 1.165) is 0 Å². The van der Waals surface area contributed by atoms with E-state index in [0.29, 0.717) is 33.8 Å². The van der Waals surface area contributed by atoms with E-state index in [2.05, 4.69) is 30.8 Å². The molecule has 2 unspecified atom stereocenters. The van der Waals surface area contributed by atoms with Gasteiger partial charge in [-0.3, -0.25) is 14.7 Å². The summed E-state index contributed by atoms with van der Waals surface area (Å²) in [6.45, 7) is 0. The van der Waals surface area contributed by atoms with E-state index in [1.54, 1.807) is 13.2 Å². The van der Waals surface area contributed by atoms with Gasteiger partial charge in [0.1, 0.15) is 5.69 Å². The summed E-state index contributed by atoms with van der Waals surface area (Å²) in [5.41, 5.74) is 2.16. The third kappa shape index (κ3) is 3.48. The second-order valence-corrected chi connectivity index (χ2v) is 9.70. The van der Waals surface area contributed by atoms with Crippen molar-refractivity contribution < 1.29 is 9.18 Å². The van der Waals surface area contributed by atoms with Crippen LogP contribution in [-0.2, 0) is 7.05 Å². The standard InChI is InChI=1S/C23H20FN7O2S/c1-31-10-17(29-21(23(31)33)27-13-8-25-26-9-13)16-5-4-15(24)20(28-16)30-22(32)18-7-14-11-2-3-12(6-11)19(14)34-18/h4-5,7-12H,2-3,6H2,1H3,(H,25,26)(H,27,29)(H,28,30,32). The SMILES string of the molecule is Cn1cc(-c2ccc(F)c(NC(=O)c3cc4c(s3)C3CCC4C3)n2)nc(Nc2cn[nH]c2)c1=O. The van der Waals surface area contributed by atoms with Gasteiger partial charge < -0.3 is 15.2 Å². The van der Waals surface area contributed by atoms with Gasteiger partial charge in [-0.25, -0.2) is 14.4 Å². The van der Waals surface area contributed by atoms with E-state index < -0.39 is 5.82 Å². The van der Waals surface area contributed by atoms with Crippen LogP contribution in [0.3, 0.4) is 0 Å². The minimum absolute atomic E-state index is 0.0702. The fraction of sp³-hybridized carbons (Fsp3) is 0.261. The minimum Gasteiger partial charge on any atom is -0.333 e. The first-order valence-electron chi connectivity index (χ1n) is 10.9. The molecule has 2 atom stereocenters. The Morgan fingerprint density at radius 2 is 2.03 bits per heavy atom. The molecule has 1 fully saturated rings. The van der Waals surface area contributed by atoms with Crippen molar-refractivity contribution in [3.8, 4) is 11.4 Å². The van der Waals surface area contributed by atoms with Crippen LogP contribution in [0.15, 0.2) is 41.6 Å². The Morgan fingerprint density at radius 1 is 1.21 bits per heavy atom. The van der Waals surface area contributed by atoms with Crippen molar-refractivity contribution in [1.82, 2.24) is 24.7 Å². The molecular formula is C23H20FN7O2S. The first kappa shape index (κ1) is 20.7. The lowest BCUT2D eigenvalue weighted by molar-refractivity contribution is 0.102. The van der Waals surface area contributed by atoms with Gasteiger partial charge in [-0.15, -0.1) is 11.3 Å². The van der Waals surface area contributed by atoms with Crippen LogP contribution in [0.4, 0.5) is 21.7 Å². The molecule has 0 spiro atoms. The highest BCUT2D eigenvalue weighted by atomic mass is 32.1. The van der Waals surface area contributed by atoms with Gasteiger partial charge in [-0.05, 0) is 54.9 Å². The van der Waals surface area contributed by atoms with Gasteiger partial charge in [-0.1, -0.05) is 0 Å². The Balaban J connectivity index is 1.29. The van der Waals surface area contributed by atoms with Crippen LogP contribution in [-0.4, -0.2) is 30.6 Å². The molecule has 11 heteroatoms. The van der Waals surface area contributed by atoms with Gasteiger partial charge >= 0.3 is 0 Å². The monoisotopic (exact) mass is 477 g/mol. The van der Waals surface area contributed by atoms with Crippen LogP contribution in [0.5, 0.6) is 0 Å². The van der Waals surface area contributed by atoms with Crippen LogP contribution in [0, 0.1) is 5.82 Å². The number of hydrogen-bond acceptors (Lipinski definition) is 7. The lowest BCUT2D eigenvalue weighted by atomic mass is 9.99. The molecule has 4 aromatic heterocycles. The molecule has 4 aromatic rings. The highest BCUT2D eigenvalue weighted by molar-refractivity contribution is 7.14. The number of carbonyl (C=O) groups excluding carboxylic acids is 1. The molecule has 1 amide bonds. The number of aromatic nitrogens is 5. The van der Waals surface area contributed by atoms with Crippen molar-refractivity contribution in [3.63, 3.8) is 0 Å². The minimum atomic E-state index is -0.650. The summed E-state index contributed by atoms with van der Waals surface area (Å²) in [6, 6.07) is 4.63. The maximum absolute atomic E-state index is 14.6. The van der Waals surface area contributed by atoms with E-state index >= 15 is 0 Å². The number of hydrogen-bond donors (Lipinski definition) is 3. The number of nitrogens with zero attached hydrogens (tertiary/aromatic N) is 4. The predicted molar refractivity (Wildman–Crippen MR) is 126 cm³/mol. The number of nitrogens with one attached hydrogen (secondary N) is 3. The van der Waals surface area contributed by atoms with Crippen LogP contribution in [0.1, 0.15) is 51.2 Å². The fourth-order valence-electron chi connectivity index (χ4n) is 4.78. The zero-order valence-electron chi connectivity index (χ0n) is 18.1. The predicted octanol–water partition coefficient (Wildman–Crippen LogP) is 4.13. The number of pyridine rings is 1. The van der Waals surface area contributed by atoms with Crippen LogP contribution >= 0.6 is 11.3 Å². The molecule has 34 heavy (non-hydrogen) atoms. The molecule has 4 heterocycles. The number of amides is 1. The summed E-state index contributed by atoms with van der Waals surface area (Å²) in [7, 11) is 1.59. The normalized spacial score (nSPS) is 18.2. The Morgan fingerprint density at radius 3 is 2.82 bits per heavy atom. The van der Waals surface area contributed by atoms with Crippen LogP contribution in [0.2, 0.25) is 0 Å². The summed E-state index contributed by atoms with van der Waals surface area (Å²) < 4.78 is 15.9. The maximum Gasteiger partial charge on any atom is 0.293 e. The molecule has 9 nitrogen and oxygen atoms in total. The fourth-order valence-corrected chi connectivity index (χ4v) is 6.07. The molecule has 2 aliphatic rings. The van der Waals surface area contributed by atoms with Gasteiger partial charge in [0.15, 0.2) is 17.5 Å². The van der Waals surface area contributed by atoms with Gasteiger partial charge in [0.05, 0.1) is 22.5 Å². The highest BCUT2D eigenvalue weighted by Crippen LogP contribution is 2.55. The van der Waals surface area contributed by atoms with Crippen molar-refractivity contribution in [2.75, 3.05) is 10.6 Å². The summed E-state index contributed by atoms with van der Waals surface area (Å²) in [5.74, 6) is -0.0252. The Hall–Kier alpha value is -3.86. The van der Waals surface area contributed by atoms with E-state index in [4.69, 9.17) is 0 Å². The average Bonchev–Trinajstić information content (AvgIpc) is 3.61.